The maximum Gasteiger partial charge on any atom is 0.206 e. The van der Waals surface area contributed by atoms with E-state index in [4.69, 9.17) is 5.73 Å². The third-order valence-corrected chi connectivity index (χ3v) is 3.46. The number of hydrogen-bond donors (Lipinski definition) is 1. The maximum atomic E-state index is 6.05. The monoisotopic (exact) mass is 234 g/mol. The number of imidazole rings is 1. The molecule has 0 aliphatic carbocycles. The van der Waals surface area contributed by atoms with Crippen molar-refractivity contribution >= 4 is 5.95 Å². The highest BCUT2D eigenvalue weighted by molar-refractivity contribution is 5.34. The second-order valence-corrected chi connectivity index (χ2v) is 5.00. The van der Waals surface area contributed by atoms with E-state index in [9.17, 15) is 0 Å². The fraction of sp³-hybridized carbons (Fsp3) is 0.615. The first kappa shape index (κ1) is 12.2. The van der Waals surface area contributed by atoms with Gasteiger partial charge in [0.25, 0.3) is 0 Å². The SMILES string of the molecule is C=CCn1cc(C)nc1N1CCC(N)C(C)C1. The Morgan fingerprint density at radius 2 is 2.41 bits per heavy atom. The van der Waals surface area contributed by atoms with E-state index < -0.39 is 0 Å². The topological polar surface area (TPSA) is 47.1 Å². The zero-order valence-electron chi connectivity index (χ0n) is 10.8. The quantitative estimate of drug-likeness (QED) is 0.807. The van der Waals surface area contributed by atoms with Crippen LogP contribution in [0.1, 0.15) is 19.0 Å². The molecule has 1 fully saturated rings. The second-order valence-electron chi connectivity index (χ2n) is 5.00. The van der Waals surface area contributed by atoms with E-state index in [1.807, 2.05) is 13.0 Å². The first-order valence-corrected chi connectivity index (χ1v) is 6.27. The molecule has 0 saturated carbocycles. The molecule has 2 N–H and O–H groups in total. The van der Waals surface area contributed by atoms with Gasteiger partial charge in [0.05, 0.1) is 5.69 Å². The molecule has 0 bridgehead atoms. The Morgan fingerprint density at radius 3 is 3.06 bits per heavy atom. The first-order chi connectivity index (χ1) is 8.11. The number of nitrogens with zero attached hydrogens (tertiary/aromatic N) is 3. The van der Waals surface area contributed by atoms with Gasteiger partial charge in [-0.1, -0.05) is 13.0 Å². The number of piperidine rings is 1. The van der Waals surface area contributed by atoms with Gasteiger partial charge in [0.1, 0.15) is 0 Å². The molecule has 1 aliphatic rings. The molecule has 1 saturated heterocycles. The average Bonchev–Trinajstić information content (AvgIpc) is 2.64. The van der Waals surface area contributed by atoms with Crippen LogP contribution in [0.4, 0.5) is 5.95 Å². The van der Waals surface area contributed by atoms with Gasteiger partial charge >= 0.3 is 0 Å². The summed E-state index contributed by atoms with van der Waals surface area (Å²) in [7, 11) is 0. The van der Waals surface area contributed by atoms with Crippen LogP contribution in [-0.2, 0) is 6.54 Å². The summed E-state index contributed by atoms with van der Waals surface area (Å²) in [4.78, 5) is 6.95. The Hall–Kier alpha value is -1.29. The highest BCUT2D eigenvalue weighted by Crippen LogP contribution is 2.22. The van der Waals surface area contributed by atoms with Gasteiger partial charge in [0.2, 0.25) is 5.95 Å². The van der Waals surface area contributed by atoms with Crippen molar-refractivity contribution in [1.29, 1.82) is 0 Å². The van der Waals surface area contributed by atoms with Crippen LogP contribution in [0.25, 0.3) is 0 Å². The van der Waals surface area contributed by atoms with Crippen LogP contribution in [0.2, 0.25) is 0 Å². The van der Waals surface area contributed by atoms with Crippen molar-refractivity contribution < 1.29 is 0 Å². The van der Waals surface area contributed by atoms with Gasteiger partial charge in [-0.3, -0.25) is 0 Å². The van der Waals surface area contributed by atoms with Crippen molar-refractivity contribution in [2.45, 2.75) is 32.9 Å². The Bertz CT molecular complexity index is 396. The molecule has 0 amide bonds. The Morgan fingerprint density at radius 1 is 1.65 bits per heavy atom. The first-order valence-electron chi connectivity index (χ1n) is 6.27. The van der Waals surface area contributed by atoms with E-state index in [0.29, 0.717) is 12.0 Å². The van der Waals surface area contributed by atoms with Gasteiger partial charge in [-0.25, -0.2) is 4.98 Å². The van der Waals surface area contributed by atoms with E-state index >= 15 is 0 Å². The molecule has 2 unspecified atom stereocenters. The molecule has 1 aromatic heterocycles. The molecular weight excluding hydrogens is 212 g/mol. The number of aromatic nitrogens is 2. The Labute approximate surface area is 103 Å². The minimum atomic E-state index is 0.329. The lowest BCUT2D eigenvalue weighted by atomic mass is 9.95. The summed E-state index contributed by atoms with van der Waals surface area (Å²) < 4.78 is 2.16. The van der Waals surface area contributed by atoms with Crippen LogP contribution in [0.5, 0.6) is 0 Å². The lowest BCUT2D eigenvalue weighted by molar-refractivity contribution is 0.378. The molecule has 94 valence electrons. The van der Waals surface area contributed by atoms with Crippen molar-refractivity contribution in [1.82, 2.24) is 9.55 Å². The van der Waals surface area contributed by atoms with Gasteiger partial charge in [0.15, 0.2) is 0 Å². The van der Waals surface area contributed by atoms with Crippen molar-refractivity contribution in [2.24, 2.45) is 11.7 Å². The molecule has 2 rings (SSSR count). The molecule has 1 aromatic rings. The van der Waals surface area contributed by atoms with Gasteiger partial charge in [-0.15, -0.1) is 6.58 Å². The maximum absolute atomic E-state index is 6.05. The van der Waals surface area contributed by atoms with Crippen molar-refractivity contribution in [3.8, 4) is 0 Å². The summed E-state index contributed by atoms with van der Waals surface area (Å²) in [5.41, 5.74) is 7.11. The van der Waals surface area contributed by atoms with Crippen LogP contribution < -0.4 is 10.6 Å². The Balaban J connectivity index is 2.18. The number of aryl methyl sites for hydroxylation is 1. The van der Waals surface area contributed by atoms with Crippen LogP contribution in [0, 0.1) is 12.8 Å². The number of nitrogens with two attached hydrogens (primary N) is 1. The summed E-state index contributed by atoms with van der Waals surface area (Å²) in [6, 6.07) is 0.329. The average molecular weight is 234 g/mol. The smallest absolute Gasteiger partial charge is 0.206 e. The summed E-state index contributed by atoms with van der Waals surface area (Å²) >= 11 is 0. The zero-order chi connectivity index (χ0) is 12.4. The fourth-order valence-corrected chi connectivity index (χ4v) is 2.41. The highest BCUT2D eigenvalue weighted by Gasteiger charge is 2.25. The highest BCUT2D eigenvalue weighted by atomic mass is 15.3. The van der Waals surface area contributed by atoms with E-state index in [2.05, 4.69) is 34.2 Å². The third-order valence-electron chi connectivity index (χ3n) is 3.46. The van der Waals surface area contributed by atoms with Crippen LogP contribution in [0.3, 0.4) is 0 Å². The predicted molar refractivity (Wildman–Crippen MR) is 71.1 cm³/mol. The summed E-state index contributed by atoms with van der Waals surface area (Å²) in [5, 5.41) is 0. The molecule has 17 heavy (non-hydrogen) atoms. The lowest BCUT2D eigenvalue weighted by Gasteiger charge is -2.35. The minimum Gasteiger partial charge on any atom is -0.342 e. The minimum absolute atomic E-state index is 0.329. The van der Waals surface area contributed by atoms with E-state index in [0.717, 1.165) is 37.7 Å². The number of allylic oxidation sites excluding steroid dienone is 1. The number of hydrogen-bond acceptors (Lipinski definition) is 3. The van der Waals surface area contributed by atoms with E-state index in [1.54, 1.807) is 0 Å². The third kappa shape index (κ3) is 2.52. The molecular formula is C13H22N4. The van der Waals surface area contributed by atoms with Gasteiger partial charge in [-0.05, 0) is 19.3 Å². The zero-order valence-corrected chi connectivity index (χ0v) is 10.8. The standard InChI is InChI=1S/C13H22N4/c1-4-6-16-9-11(3)15-13(16)17-7-5-12(14)10(2)8-17/h4,9-10,12H,1,5-8,14H2,2-3H3. The number of anilines is 1. The second kappa shape index (κ2) is 4.92. The van der Waals surface area contributed by atoms with Gasteiger partial charge < -0.3 is 15.2 Å². The summed E-state index contributed by atoms with van der Waals surface area (Å²) in [5.74, 6) is 1.58. The molecule has 4 heteroatoms. The molecule has 0 radical (unpaired) electrons. The van der Waals surface area contributed by atoms with Crippen molar-refractivity contribution in [3.63, 3.8) is 0 Å². The molecule has 0 spiro atoms. The predicted octanol–water partition coefficient (Wildman–Crippen LogP) is 1.55. The largest absolute Gasteiger partial charge is 0.342 e. The van der Waals surface area contributed by atoms with Crippen LogP contribution >= 0.6 is 0 Å². The molecule has 1 aliphatic heterocycles. The molecule has 2 atom stereocenters. The van der Waals surface area contributed by atoms with E-state index in [-0.39, 0.29) is 0 Å². The van der Waals surface area contributed by atoms with Crippen LogP contribution in [-0.4, -0.2) is 28.7 Å². The molecule has 4 nitrogen and oxygen atoms in total. The summed E-state index contributed by atoms with van der Waals surface area (Å²) in [6.07, 6.45) is 5.03. The fourth-order valence-electron chi connectivity index (χ4n) is 2.41. The Kier molecular flexibility index (Phi) is 3.52. The van der Waals surface area contributed by atoms with Crippen LogP contribution in [0.15, 0.2) is 18.9 Å². The van der Waals surface area contributed by atoms with Crippen molar-refractivity contribution in [3.05, 3.63) is 24.5 Å². The van der Waals surface area contributed by atoms with Gasteiger partial charge in [-0.2, -0.15) is 0 Å². The normalized spacial score (nSPS) is 25.0. The van der Waals surface area contributed by atoms with Crippen molar-refractivity contribution in [2.75, 3.05) is 18.0 Å². The number of rotatable bonds is 3. The van der Waals surface area contributed by atoms with Gasteiger partial charge in [0, 0.05) is 31.9 Å². The van der Waals surface area contributed by atoms with E-state index in [1.165, 1.54) is 0 Å². The molecule has 0 aromatic carbocycles. The molecule has 2 heterocycles. The summed E-state index contributed by atoms with van der Waals surface area (Å²) in [6.45, 7) is 10.8. The lowest BCUT2D eigenvalue weighted by Crippen LogP contribution is -2.46.